The van der Waals surface area contributed by atoms with Gasteiger partial charge in [0, 0.05) is 24.6 Å². The monoisotopic (exact) mass is 246 g/mol. The minimum Gasteiger partial charge on any atom is -0.275 e. The van der Waals surface area contributed by atoms with Crippen molar-refractivity contribution in [3.8, 4) is 0 Å². The molecule has 0 unspecified atom stereocenters. The van der Waals surface area contributed by atoms with Gasteiger partial charge in [0.1, 0.15) is 0 Å². The van der Waals surface area contributed by atoms with Gasteiger partial charge in [0.2, 0.25) is 0 Å². The van der Waals surface area contributed by atoms with E-state index in [9.17, 15) is 4.79 Å². The van der Waals surface area contributed by atoms with E-state index < -0.39 is 0 Å². The Hall–Kier alpha value is -0.420. The van der Waals surface area contributed by atoms with Gasteiger partial charge in [-0.2, -0.15) is 0 Å². The van der Waals surface area contributed by atoms with Crippen LogP contribution in [0.5, 0.6) is 0 Å². The molecule has 0 atom stereocenters. The van der Waals surface area contributed by atoms with E-state index in [1.165, 1.54) is 11.5 Å². The third kappa shape index (κ3) is 3.28. The molecule has 0 aliphatic rings. The summed E-state index contributed by atoms with van der Waals surface area (Å²) in [7, 11) is 0. The van der Waals surface area contributed by atoms with Crippen molar-refractivity contribution in [2.24, 2.45) is 0 Å². The van der Waals surface area contributed by atoms with Crippen LogP contribution in [0.3, 0.4) is 0 Å². The zero-order valence-corrected chi connectivity index (χ0v) is 11.0. The van der Waals surface area contributed by atoms with Crippen LogP contribution in [0, 0.1) is 4.77 Å². The molecule has 0 aliphatic heterocycles. The molecule has 0 spiro atoms. The van der Waals surface area contributed by atoms with Crippen LogP contribution in [0.15, 0.2) is 4.79 Å². The van der Waals surface area contributed by atoms with Gasteiger partial charge < -0.3 is 0 Å². The van der Waals surface area contributed by atoms with Gasteiger partial charge in [-0.25, -0.2) is 0 Å². The Morgan fingerprint density at radius 1 is 1.20 bits per heavy atom. The Bertz CT molecular complexity index is 402. The fourth-order valence-electron chi connectivity index (χ4n) is 1.34. The van der Waals surface area contributed by atoms with Crippen molar-refractivity contribution < 1.29 is 0 Å². The summed E-state index contributed by atoms with van der Waals surface area (Å²) in [5, 5.41) is 0. The molecule has 3 nitrogen and oxygen atoms in total. The molecular formula is C10H18N2OS2. The van der Waals surface area contributed by atoms with Crippen molar-refractivity contribution in [3.05, 3.63) is 14.4 Å². The van der Waals surface area contributed by atoms with Crippen molar-refractivity contribution in [3.63, 3.8) is 0 Å². The summed E-state index contributed by atoms with van der Waals surface area (Å²) in [6.45, 7) is 5.91. The van der Waals surface area contributed by atoms with Crippen LogP contribution in [0.25, 0.3) is 0 Å². The fraction of sp³-hybridized carbons (Fsp3) is 0.800. The van der Waals surface area contributed by atoms with Crippen molar-refractivity contribution in [1.82, 2.24) is 8.52 Å². The van der Waals surface area contributed by atoms with Gasteiger partial charge in [-0.05, 0) is 25.1 Å². The zero-order chi connectivity index (χ0) is 11.3. The average Bonchev–Trinajstić information content (AvgIpc) is 2.49. The van der Waals surface area contributed by atoms with Crippen LogP contribution >= 0.6 is 23.8 Å². The summed E-state index contributed by atoms with van der Waals surface area (Å²) in [5.74, 6) is 0. The maximum Gasteiger partial charge on any atom is 0.325 e. The van der Waals surface area contributed by atoms with Crippen LogP contribution in [-0.2, 0) is 13.1 Å². The quantitative estimate of drug-likeness (QED) is 0.721. The summed E-state index contributed by atoms with van der Waals surface area (Å²) in [4.78, 5) is 11.7. The predicted molar refractivity (Wildman–Crippen MR) is 67.2 cm³/mol. The van der Waals surface area contributed by atoms with E-state index in [1.54, 1.807) is 4.57 Å². The molecule has 0 saturated carbocycles. The van der Waals surface area contributed by atoms with Gasteiger partial charge in [-0.15, -0.1) is 0 Å². The molecule has 15 heavy (non-hydrogen) atoms. The SMILES string of the molecule is CCCCn1sc(=O)n(CCCC)c1=S. The predicted octanol–water partition coefficient (Wildman–Crippen LogP) is 3.04. The number of hydrogen-bond donors (Lipinski definition) is 0. The van der Waals surface area contributed by atoms with Gasteiger partial charge >= 0.3 is 4.87 Å². The van der Waals surface area contributed by atoms with E-state index in [-0.39, 0.29) is 4.87 Å². The van der Waals surface area contributed by atoms with Crippen molar-refractivity contribution in [1.29, 1.82) is 0 Å². The van der Waals surface area contributed by atoms with Crippen molar-refractivity contribution >= 4 is 23.8 Å². The van der Waals surface area contributed by atoms with Crippen LogP contribution in [-0.4, -0.2) is 8.52 Å². The minimum atomic E-state index is 0.0875. The van der Waals surface area contributed by atoms with Crippen LogP contribution in [0.2, 0.25) is 0 Å². The second-order valence-electron chi connectivity index (χ2n) is 3.60. The summed E-state index contributed by atoms with van der Waals surface area (Å²) in [5.41, 5.74) is 0. The minimum absolute atomic E-state index is 0.0875. The molecular weight excluding hydrogens is 228 g/mol. The van der Waals surface area contributed by atoms with Crippen LogP contribution in [0.1, 0.15) is 39.5 Å². The average molecular weight is 246 g/mol. The molecule has 1 heterocycles. The lowest BCUT2D eigenvalue weighted by Crippen LogP contribution is -2.13. The normalized spacial score (nSPS) is 10.8. The van der Waals surface area contributed by atoms with E-state index in [2.05, 4.69) is 13.8 Å². The molecule has 0 saturated heterocycles. The first-order valence-electron chi connectivity index (χ1n) is 5.51. The highest BCUT2D eigenvalue weighted by Gasteiger charge is 2.05. The molecule has 1 aromatic rings. The largest absolute Gasteiger partial charge is 0.325 e. The Morgan fingerprint density at radius 2 is 1.80 bits per heavy atom. The molecule has 0 bridgehead atoms. The van der Waals surface area contributed by atoms with Gasteiger partial charge in [0.25, 0.3) is 0 Å². The molecule has 0 fully saturated rings. The van der Waals surface area contributed by atoms with Gasteiger partial charge in [-0.3, -0.25) is 13.3 Å². The highest BCUT2D eigenvalue weighted by molar-refractivity contribution is 7.71. The van der Waals surface area contributed by atoms with Gasteiger partial charge in [-0.1, -0.05) is 26.7 Å². The zero-order valence-electron chi connectivity index (χ0n) is 9.36. The summed E-state index contributed by atoms with van der Waals surface area (Å²) < 4.78 is 4.36. The van der Waals surface area contributed by atoms with Crippen molar-refractivity contribution in [2.45, 2.75) is 52.6 Å². The Balaban J connectivity index is 2.84. The Morgan fingerprint density at radius 3 is 2.40 bits per heavy atom. The molecule has 0 amide bonds. The fourth-order valence-corrected chi connectivity index (χ4v) is 2.64. The number of hydrogen-bond acceptors (Lipinski definition) is 3. The lowest BCUT2D eigenvalue weighted by molar-refractivity contribution is 0.581. The van der Waals surface area contributed by atoms with Crippen LogP contribution < -0.4 is 4.87 Å². The first kappa shape index (κ1) is 12.6. The maximum absolute atomic E-state index is 11.6. The van der Waals surface area contributed by atoms with E-state index in [1.807, 2.05) is 3.96 Å². The molecule has 1 aromatic heterocycles. The van der Waals surface area contributed by atoms with Gasteiger partial charge in [0.15, 0.2) is 4.77 Å². The topological polar surface area (TPSA) is 26.9 Å². The molecule has 5 heteroatoms. The van der Waals surface area contributed by atoms with E-state index >= 15 is 0 Å². The number of aromatic nitrogens is 2. The standard InChI is InChI=1S/C10H18N2OS2/c1-3-5-7-11-9(14)12(8-6-4-2)15-10(11)13/h3-8H2,1-2H3. The van der Waals surface area contributed by atoms with E-state index in [0.29, 0.717) is 4.77 Å². The first-order chi connectivity index (χ1) is 7.20. The molecule has 0 radical (unpaired) electrons. The maximum atomic E-state index is 11.6. The molecule has 1 rings (SSSR count). The van der Waals surface area contributed by atoms with Crippen molar-refractivity contribution in [2.75, 3.05) is 0 Å². The smallest absolute Gasteiger partial charge is 0.275 e. The highest BCUT2D eigenvalue weighted by Crippen LogP contribution is 2.03. The number of nitrogens with zero attached hydrogens (tertiary/aromatic N) is 2. The lowest BCUT2D eigenvalue weighted by atomic mass is 10.3. The number of rotatable bonds is 6. The lowest BCUT2D eigenvalue weighted by Gasteiger charge is -2.00. The highest BCUT2D eigenvalue weighted by atomic mass is 32.1. The van der Waals surface area contributed by atoms with Gasteiger partial charge in [0.05, 0.1) is 0 Å². The summed E-state index contributed by atoms with van der Waals surface area (Å²) in [6, 6.07) is 0. The number of aryl methyl sites for hydroxylation is 1. The molecule has 86 valence electrons. The Labute approximate surface area is 99.5 Å². The second kappa shape index (κ2) is 6.23. The second-order valence-corrected chi connectivity index (χ2v) is 4.94. The Kier molecular flexibility index (Phi) is 5.25. The van der Waals surface area contributed by atoms with Crippen LogP contribution in [0.4, 0.5) is 0 Å². The summed E-state index contributed by atoms with van der Waals surface area (Å²) >= 11 is 6.53. The summed E-state index contributed by atoms with van der Waals surface area (Å²) in [6.07, 6.45) is 4.32. The molecule has 0 aliphatic carbocycles. The first-order valence-corrected chi connectivity index (χ1v) is 6.69. The molecule has 0 aromatic carbocycles. The molecule has 0 N–H and O–H groups in total. The number of unbranched alkanes of at least 4 members (excludes halogenated alkanes) is 2. The third-order valence-corrected chi connectivity index (χ3v) is 3.81. The van der Waals surface area contributed by atoms with E-state index in [4.69, 9.17) is 12.2 Å². The van der Waals surface area contributed by atoms with E-state index in [0.717, 1.165) is 38.8 Å². The third-order valence-electron chi connectivity index (χ3n) is 2.30.